The summed E-state index contributed by atoms with van der Waals surface area (Å²) in [6.07, 6.45) is 1.15. The first-order valence-corrected chi connectivity index (χ1v) is 6.76. The third-order valence-corrected chi connectivity index (χ3v) is 4.47. The Bertz CT molecular complexity index is 356. The fraction of sp³-hybridized carbons (Fsp3) is 0.538. The SMILES string of the molecule is CC1CCNC(c2ccccc2F)C(C)S1. The molecule has 1 aromatic carbocycles. The number of thioether (sulfide) groups is 1. The summed E-state index contributed by atoms with van der Waals surface area (Å²) in [6, 6.07) is 7.22. The summed E-state index contributed by atoms with van der Waals surface area (Å²) in [5.74, 6) is -0.0954. The molecule has 0 spiro atoms. The molecule has 1 aliphatic heterocycles. The Kier molecular flexibility index (Phi) is 3.87. The summed E-state index contributed by atoms with van der Waals surface area (Å²) in [7, 11) is 0. The zero-order valence-corrected chi connectivity index (χ0v) is 10.6. The van der Waals surface area contributed by atoms with E-state index in [2.05, 4.69) is 19.2 Å². The predicted octanol–water partition coefficient (Wildman–Crippen LogP) is 3.37. The highest BCUT2D eigenvalue weighted by atomic mass is 32.2. The normalized spacial score (nSPS) is 31.1. The van der Waals surface area contributed by atoms with Gasteiger partial charge in [-0.15, -0.1) is 0 Å². The first-order chi connectivity index (χ1) is 7.68. The van der Waals surface area contributed by atoms with Crippen LogP contribution in [0.15, 0.2) is 24.3 Å². The zero-order valence-electron chi connectivity index (χ0n) is 9.74. The van der Waals surface area contributed by atoms with Crippen molar-refractivity contribution in [3.63, 3.8) is 0 Å². The Balaban J connectivity index is 2.22. The third kappa shape index (κ3) is 2.58. The van der Waals surface area contributed by atoms with E-state index in [9.17, 15) is 4.39 Å². The number of halogens is 1. The van der Waals surface area contributed by atoms with Crippen molar-refractivity contribution in [3.05, 3.63) is 35.6 Å². The fourth-order valence-corrected chi connectivity index (χ4v) is 3.60. The van der Waals surface area contributed by atoms with Crippen molar-refractivity contribution in [1.82, 2.24) is 5.32 Å². The van der Waals surface area contributed by atoms with Crippen molar-refractivity contribution in [1.29, 1.82) is 0 Å². The van der Waals surface area contributed by atoms with Crippen LogP contribution in [-0.2, 0) is 0 Å². The van der Waals surface area contributed by atoms with E-state index in [4.69, 9.17) is 0 Å². The van der Waals surface area contributed by atoms with Crippen LogP contribution in [0.5, 0.6) is 0 Å². The lowest BCUT2D eigenvalue weighted by atomic mass is 10.0. The Morgan fingerprint density at radius 1 is 1.31 bits per heavy atom. The first kappa shape index (κ1) is 11.9. The molecule has 1 aliphatic rings. The molecule has 0 radical (unpaired) electrons. The molecule has 0 saturated carbocycles. The van der Waals surface area contributed by atoms with Gasteiger partial charge >= 0.3 is 0 Å². The van der Waals surface area contributed by atoms with Gasteiger partial charge in [-0.25, -0.2) is 4.39 Å². The number of hydrogen-bond donors (Lipinski definition) is 1. The smallest absolute Gasteiger partial charge is 0.128 e. The average molecular weight is 239 g/mol. The molecular formula is C13H18FNS. The summed E-state index contributed by atoms with van der Waals surface area (Å²) in [6.45, 7) is 5.39. The van der Waals surface area contributed by atoms with E-state index in [1.807, 2.05) is 23.9 Å². The van der Waals surface area contributed by atoms with Crippen molar-refractivity contribution in [2.24, 2.45) is 0 Å². The molecule has 1 fully saturated rings. The number of hydrogen-bond acceptors (Lipinski definition) is 2. The maximum Gasteiger partial charge on any atom is 0.128 e. The van der Waals surface area contributed by atoms with Crippen molar-refractivity contribution >= 4 is 11.8 Å². The zero-order chi connectivity index (χ0) is 11.5. The van der Waals surface area contributed by atoms with Crippen molar-refractivity contribution in [2.75, 3.05) is 6.54 Å². The minimum Gasteiger partial charge on any atom is -0.309 e. The monoisotopic (exact) mass is 239 g/mol. The van der Waals surface area contributed by atoms with Crippen LogP contribution in [0.3, 0.4) is 0 Å². The third-order valence-electron chi connectivity index (χ3n) is 3.07. The Morgan fingerprint density at radius 2 is 2.06 bits per heavy atom. The molecule has 3 atom stereocenters. The van der Waals surface area contributed by atoms with Crippen LogP contribution >= 0.6 is 11.8 Å². The second kappa shape index (κ2) is 5.19. The maximum absolute atomic E-state index is 13.7. The first-order valence-electron chi connectivity index (χ1n) is 5.81. The second-order valence-electron chi connectivity index (χ2n) is 4.39. The molecule has 0 aliphatic carbocycles. The van der Waals surface area contributed by atoms with Crippen molar-refractivity contribution in [2.45, 2.75) is 36.8 Å². The van der Waals surface area contributed by atoms with E-state index in [-0.39, 0.29) is 11.9 Å². The lowest BCUT2D eigenvalue weighted by molar-refractivity contribution is 0.502. The molecule has 0 bridgehead atoms. The molecule has 3 heteroatoms. The Hall–Kier alpha value is -0.540. The van der Waals surface area contributed by atoms with Crippen molar-refractivity contribution < 1.29 is 4.39 Å². The minimum absolute atomic E-state index is 0.0954. The van der Waals surface area contributed by atoms with E-state index in [1.165, 1.54) is 0 Å². The minimum atomic E-state index is -0.0954. The molecule has 1 saturated heterocycles. The molecule has 1 heterocycles. The van der Waals surface area contributed by atoms with Crippen LogP contribution in [-0.4, -0.2) is 17.0 Å². The summed E-state index contributed by atoms with van der Waals surface area (Å²) < 4.78 is 13.7. The van der Waals surface area contributed by atoms with Crippen LogP contribution in [0, 0.1) is 5.82 Å². The number of nitrogens with one attached hydrogen (secondary N) is 1. The van der Waals surface area contributed by atoms with Crippen LogP contribution < -0.4 is 5.32 Å². The molecule has 2 rings (SSSR count). The standard InChI is InChI=1S/C13H18FNS/c1-9-7-8-15-13(10(2)16-9)11-5-3-4-6-12(11)14/h3-6,9-10,13,15H,7-8H2,1-2H3. The van der Waals surface area contributed by atoms with E-state index in [0.717, 1.165) is 18.5 Å². The van der Waals surface area contributed by atoms with E-state index in [0.29, 0.717) is 10.5 Å². The van der Waals surface area contributed by atoms with Crippen LogP contribution in [0.4, 0.5) is 4.39 Å². The average Bonchev–Trinajstić information content (AvgIpc) is 2.40. The molecule has 1 nitrogen and oxygen atoms in total. The lowest BCUT2D eigenvalue weighted by Crippen LogP contribution is -2.28. The van der Waals surface area contributed by atoms with Crippen molar-refractivity contribution in [3.8, 4) is 0 Å². The van der Waals surface area contributed by atoms with Gasteiger partial charge in [-0.3, -0.25) is 0 Å². The highest BCUT2D eigenvalue weighted by Crippen LogP contribution is 2.33. The summed E-state index contributed by atoms with van der Waals surface area (Å²) in [4.78, 5) is 0. The molecule has 1 N–H and O–H groups in total. The molecule has 88 valence electrons. The summed E-state index contributed by atoms with van der Waals surface area (Å²) >= 11 is 1.94. The Labute approximate surface area is 101 Å². The second-order valence-corrected chi connectivity index (χ2v) is 6.21. The van der Waals surface area contributed by atoms with Gasteiger partial charge in [0.15, 0.2) is 0 Å². The highest BCUT2D eigenvalue weighted by molar-refractivity contribution is 8.00. The molecule has 1 aromatic rings. The van der Waals surface area contributed by atoms with E-state index < -0.39 is 0 Å². The van der Waals surface area contributed by atoms with Gasteiger partial charge in [-0.1, -0.05) is 32.0 Å². The largest absolute Gasteiger partial charge is 0.309 e. The summed E-state index contributed by atoms with van der Waals surface area (Å²) in [5, 5.41) is 4.52. The van der Waals surface area contributed by atoms with Gasteiger partial charge in [-0.05, 0) is 19.0 Å². The highest BCUT2D eigenvalue weighted by Gasteiger charge is 2.26. The molecule has 0 amide bonds. The van der Waals surface area contributed by atoms with Gasteiger partial charge in [0, 0.05) is 22.1 Å². The fourth-order valence-electron chi connectivity index (χ4n) is 2.21. The van der Waals surface area contributed by atoms with Crippen LogP contribution in [0.2, 0.25) is 0 Å². The van der Waals surface area contributed by atoms with Gasteiger partial charge in [0.1, 0.15) is 5.82 Å². The topological polar surface area (TPSA) is 12.0 Å². The van der Waals surface area contributed by atoms with Crippen LogP contribution in [0.25, 0.3) is 0 Å². The molecule has 0 aromatic heterocycles. The van der Waals surface area contributed by atoms with Gasteiger partial charge in [0.2, 0.25) is 0 Å². The van der Waals surface area contributed by atoms with Gasteiger partial charge in [-0.2, -0.15) is 11.8 Å². The lowest BCUT2D eigenvalue weighted by Gasteiger charge is -2.23. The Morgan fingerprint density at radius 3 is 2.81 bits per heavy atom. The quantitative estimate of drug-likeness (QED) is 0.806. The molecule has 3 unspecified atom stereocenters. The number of rotatable bonds is 1. The van der Waals surface area contributed by atoms with E-state index in [1.54, 1.807) is 12.1 Å². The van der Waals surface area contributed by atoms with Gasteiger partial charge in [0.25, 0.3) is 0 Å². The predicted molar refractivity (Wildman–Crippen MR) is 68.3 cm³/mol. The number of benzene rings is 1. The van der Waals surface area contributed by atoms with Gasteiger partial charge in [0.05, 0.1) is 0 Å². The van der Waals surface area contributed by atoms with E-state index >= 15 is 0 Å². The molecular weight excluding hydrogens is 221 g/mol. The summed E-state index contributed by atoms with van der Waals surface area (Å²) in [5.41, 5.74) is 0.802. The maximum atomic E-state index is 13.7. The van der Waals surface area contributed by atoms with Crippen LogP contribution in [0.1, 0.15) is 31.9 Å². The van der Waals surface area contributed by atoms with Gasteiger partial charge < -0.3 is 5.32 Å². The molecule has 16 heavy (non-hydrogen) atoms.